The van der Waals surface area contributed by atoms with Crippen LogP contribution in [0.5, 0.6) is 6.01 Å². The molecule has 2 aliphatic heterocycles. The lowest BCUT2D eigenvalue weighted by atomic mass is 9.91. The first-order valence-corrected chi connectivity index (χ1v) is 8.91. The van der Waals surface area contributed by atoms with Gasteiger partial charge in [0, 0.05) is 56.3 Å². The second kappa shape index (κ2) is 7.09. The third-order valence-corrected chi connectivity index (χ3v) is 5.17. The summed E-state index contributed by atoms with van der Waals surface area (Å²) in [5.74, 6) is 1.15. The lowest BCUT2D eigenvalue weighted by molar-refractivity contribution is 0.0922. The van der Waals surface area contributed by atoms with Gasteiger partial charge in [0.05, 0.1) is 25.5 Å². The SMILES string of the molecule is Cc1ccnc(OCC[C@H]2CO[C@H]3CN(Cc4cnn(C)c4)C[C@@H]23)n1. The number of hydrogen-bond donors (Lipinski definition) is 0. The van der Waals surface area contributed by atoms with Crippen molar-refractivity contribution in [1.29, 1.82) is 0 Å². The molecule has 0 unspecified atom stereocenters. The van der Waals surface area contributed by atoms with Gasteiger partial charge < -0.3 is 9.47 Å². The second-order valence-corrected chi connectivity index (χ2v) is 7.13. The van der Waals surface area contributed by atoms with E-state index < -0.39 is 0 Å². The zero-order valence-corrected chi connectivity index (χ0v) is 14.8. The van der Waals surface area contributed by atoms with E-state index in [9.17, 15) is 0 Å². The molecule has 7 heteroatoms. The summed E-state index contributed by atoms with van der Waals surface area (Å²) in [4.78, 5) is 10.9. The second-order valence-electron chi connectivity index (χ2n) is 7.13. The van der Waals surface area contributed by atoms with Crippen molar-refractivity contribution in [3.63, 3.8) is 0 Å². The molecule has 2 aliphatic rings. The monoisotopic (exact) mass is 343 g/mol. The predicted molar refractivity (Wildman–Crippen MR) is 92.1 cm³/mol. The lowest BCUT2D eigenvalue weighted by Gasteiger charge is -2.19. The van der Waals surface area contributed by atoms with Gasteiger partial charge in [-0.1, -0.05) is 0 Å². The maximum atomic E-state index is 6.04. The topological polar surface area (TPSA) is 65.3 Å². The number of ether oxygens (including phenoxy) is 2. The summed E-state index contributed by atoms with van der Waals surface area (Å²) in [5, 5.41) is 4.25. The van der Waals surface area contributed by atoms with Crippen LogP contribution < -0.4 is 4.74 Å². The normalized spacial score (nSPS) is 26.1. The Labute approximate surface area is 148 Å². The van der Waals surface area contributed by atoms with E-state index in [2.05, 4.69) is 26.2 Å². The molecule has 2 aromatic heterocycles. The van der Waals surface area contributed by atoms with Gasteiger partial charge in [-0.2, -0.15) is 5.10 Å². The molecule has 0 spiro atoms. The highest BCUT2D eigenvalue weighted by Crippen LogP contribution is 2.36. The van der Waals surface area contributed by atoms with Crippen LogP contribution in [0.25, 0.3) is 0 Å². The third-order valence-electron chi connectivity index (χ3n) is 5.17. The molecular formula is C18H25N5O2. The van der Waals surface area contributed by atoms with Crippen LogP contribution in [0, 0.1) is 18.8 Å². The molecule has 0 bridgehead atoms. The molecule has 2 saturated heterocycles. The van der Waals surface area contributed by atoms with E-state index in [1.807, 2.05) is 30.9 Å². The maximum Gasteiger partial charge on any atom is 0.316 e. The minimum absolute atomic E-state index is 0.358. The van der Waals surface area contributed by atoms with Crippen LogP contribution in [0.15, 0.2) is 24.7 Å². The van der Waals surface area contributed by atoms with Gasteiger partial charge in [-0.25, -0.2) is 9.97 Å². The highest BCUT2D eigenvalue weighted by molar-refractivity contribution is 5.05. The van der Waals surface area contributed by atoms with Crippen LogP contribution in [0.4, 0.5) is 0 Å². The van der Waals surface area contributed by atoms with E-state index in [1.54, 1.807) is 6.20 Å². The van der Waals surface area contributed by atoms with Crippen molar-refractivity contribution in [3.05, 3.63) is 35.9 Å². The Morgan fingerprint density at radius 3 is 3.08 bits per heavy atom. The van der Waals surface area contributed by atoms with Crippen LogP contribution in [-0.2, 0) is 18.3 Å². The van der Waals surface area contributed by atoms with Crippen molar-refractivity contribution < 1.29 is 9.47 Å². The fourth-order valence-corrected chi connectivity index (χ4v) is 3.92. The first-order chi connectivity index (χ1) is 12.2. The minimum atomic E-state index is 0.358. The summed E-state index contributed by atoms with van der Waals surface area (Å²) in [6.45, 7) is 6.48. The molecule has 7 nitrogen and oxygen atoms in total. The molecule has 25 heavy (non-hydrogen) atoms. The van der Waals surface area contributed by atoms with E-state index >= 15 is 0 Å². The predicted octanol–water partition coefficient (Wildman–Crippen LogP) is 1.43. The van der Waals surface area contributed by atoms with Gasteiger partial charge in [0.2, 0.25) is 0 Å². The van der Waals surface area contributed by atoms with Crippen LogP contribution in [-0.4, -0.2) is 57.1 Å². The van der Waals surface area contributed by atoms with Crippen molar-refractivity contribution in [2.45, 2.75) is 26.0 Å². The summed E-state index contributed by atoms with van der Waals surface area (Å²) in [7, 11) is 1.96. The third kappa shape index (κ3) is 3.82. The molecule has 0 aromatic carbocycles. The van der Waals surface area contributed by atoms with Gasteiger partial charge >= 0.3 is 6.01 Å². The Bertz CT molecular complexity index is 719. The summed E-state index contributed by atoms with van der Waals surface area (Å²) >= 11 is 0. The van der Waals surface area contributed by atoms with E-state index in [0.29, 0.717) is 30.6 Å². The quantitative estimate of drug-likeness (QED) is 0.791. The van der Waals surface area contributed by atoms with Crippen LogP contribution in [0.2, 0.25) is 0 Å². The number of aryl methyl sites for hydroxylation is 2. The Balaban J connectivity index is 1.27. The largest absolute Gasteiger partial charge is 0.463 e. The number of aromatic nitrogens is 4. The smallest absolute Gasteiger partial charge is 0.316 e. The standard InChI is InChI=1S/C18H25N5O2/c1-13-3-5-19-18(21-13)24-6-4-15-12-25-17-11-23(10-16(15)17)9-14-7-20-22(2)8-14/h3,5,7-8,15-17H,4,6,9-12H2,1-2H3/t15-,16-,17-/m0/s1. The molecule has 4 rings (SSSR count). The summed E-state index contributed by atoms with van der Waals surface area (Å²) in [5.41, 5.74) is 2.19. The summed E-state index contributed by atoms with van der Waals surface area (Å²) in [6, 6.07) is 2.34. The number of likely N-dealkylation sites (tertiary alicyclic amines) is 1. The lowest BCUT2D eigenvalue weighted by Crippen LogP contribution is -2.24. The fourth-order valence-electron chi connectivity index (χ4n) is 3.92. The average molecular weight is 343 g/mol. The number of rotatable bonds is 6. The van der Waals surface area contributed by atoms with Crippen molar-refractivity contribution in [3.8, 4) is 6.01 Å². The molecule has 0 saturated carbocycles. The number of nitrogens with zero attached hydrogens (tertiary/aromatic N) is 5. The highest BCUT2D eigenvalue weighted by Gasteiger charge is 2.43. The maximum absolute atomic E-state index is 6.04. The first-order valence-electron chi connectivity index (χ1n) is 8.91. The first kappa shape index (κ1) is 16.5. The van der Waals surface area contributed by atoms with Crippen LogP contribution >= 0.6 is 0 Å². The van der Waals surface area contributed by atoms with Gasteiger partial charge in [0.15, 0.2) is 0 Å². The molecule has 0 radical (unpaired) electrons. The molecule has 134 valence electrons. The molecule has 2 aromatic rings. The average Bonchev–Trinajstić information content (AvgIpc) is 3.25. The molecular weight excluding hydrogens is 318 g/mol. The van der Waals surface area contributed by atoms with Gasteiger partial charge in [0.1, 0.15) is 0 Å². The molecule has 0 N–H and O–H groups in total. The molecule has 0 aliphatic carbocycles. The van der Waals surface area contributed by atoms with Crippen molar-refractivity contribution in [2.24, 2.45) is 18.9 Å². The zero-order valence-electron chi connectivity index (χ0n) is 14.8. The Morgan fingerprint density at radius 2 is 2.28 bits per heavy atom. The van der Waals surface area contributed by atoms with Gasteiger partial charge in [-0.3, -0.25) is 9.58 Å². The molecule has 2 fully saturated rings. The van der Waals surface area contributed by atoms with E-state index in [1.165, 1.54) is 5.56 Å². The van der Waals surface area contributed by atoms with E-state index in [-0.39, 0.29) is 0 Å². The van der Waals surface area contributed by atoms with Gasteiger partial charge in [0.25, 0.3) is 0 Å². The Morgan fingerprint density at radius 1 is 1.36 bits per heavy atom. The van der Waals surface area contributed by atoms with Gasteiger partial charge in [-0.05, 0) is 25.3 Å². The van der Waals surface area contributed by atoms with Crippen molar-refractivity contribution in [1.82, 2.24) is 24.6 Å². The van der Waals surface area contributed by atoms with Crippen LogP contribution in [0.1, 0.15) is 17.7 Å². The van der Waals surface area contributed by atoms with E-state index in [4.69, 9.17) is 9.47 Å². The van der Waals surface area contributed by atoms with Crippen LogP contribution in [0.3, 0.4) is 0 Å². The molecule has 3 atom stereocenters. The van der Waals surface area contributed by atoms with Crippen molar-refractivity contribution >= 4 is 0 Å². The van der Waals surface area contributed by atoms with E-state index in [0.717, 1.165) is 38.4 Å². The summed E-state index contributed by atoms with van der Waals surface area (Å²) in [6.07, 6.45) is 7.11. The number of hydrogen-bond acceptors (Lipinski definition) is 6. The molecule has 0 amide bonds. The summed E-state index contributed by atoms with van der Waals surface area (Å²) < 4.78 is 13.6. The van der Waals surface area contributed by atoms with Gasteiger partial charge in [-0.15, -0.1) is 0 Å². The number of fused-ring (bicyclic) bond motifs is 1. The Hall–Kier alpha value is -1.99. The fraction of sp³-hybridized carbons (Fsp3) is 0.611. The Kier molecular flexibility index (Phi) is 4.67. The molecule has 4 heterocycles. The van der Waals surface area contributed by atoms with Crippen molar-refractivity contribution in [2.75, 3.05) is 26.3 Å². The minimum Gasteiger partial charge on any atom is -0.463 e. The zero-order chi connectivity index (χ0) is 17.2. The highest BCUT2D eigenvalue weighted by atomic mass is 16.5.